The Labute approximate surface area is 152 Å². The number of hydrogen-bond donors (Lipinski definition) is 1. The van der Waals surface area contributed by atoms with Crippen LogP contribution in [0.3, 0.4) is 0 Å². The fourth-order valence-electron chi connectivity index (χ4n) is 1.87. The van der Waals surface area contributed by atoms with Crippen LogP contribution >= 0.6 is 34.5 Å². The Bertz CT molecular complexity index is 836. The summed E-state index contributed by atoms with van der Waals surface area (Å²) in [5, 5.41) is 15.5. The predicted octanol–water partition coefficient (Wildman–Crippen LogP) is 3.33. The average Bonchev–Trinajstić information content (AvgIpc) is 3.23. The Morgan fingerprint density at radius 1 is 1.33 bits per heavy atom. The fraction of sp³-hybridized carbons (Fsp3) is 0.133. The molecule has 0 saturated carbocycles. The molecule has 1 amide bonds. The highest BCUT2D eigenvalue weighted by Gasteiger charge is 2.08. The van der Waals surface area contributed by atoms with Gasteiger partial charge in [-0.05, 0) is 29.6 Å². The summed E-state index contributed by atoms with van der Waals surface area (Å²) in [6, 6.07) is 6.75. The molecule has 6 nitrogen and oxygen atoms in total. The van der Waals surface area contributed by atoms with Gasteiger partial charge in [0.05, 0.1) is 23.5 Å². The van der Waals surface area contributed by atoms with Gasteiger partial charge in [0.15, 0.2) is 6.61 Å². The zero-order valence-corrected chi connectivity index (χ0v) is 14.6. The maximum absolute atomic E-state index is 11.8. The van der Waals surface area contributed by atoms with Gasteiger partial charge >= 0.3 is 0 Å². The minimum atomic E-state index is -0.286. The molecule has 0 unspecified atom stereocenters. The number of amides is 1. The summed E-state index contributed by atoms with van der Waals surface area (Å²) in [7, 11) is 0. The maximum Gasteiger partial charge on any atom is 0.258 e. The number of carbonyl (C=O) groups is 1. The van der Waals surface area contributed by atoms with Crippen molar-refractivity contribution in [2.45, 2.75) is 6.54 Å². The molecule has 0 aliphatic carbocycles. The second-order valence-electron chi connectivity index (χ2n) is 4.78. The van der Waals surface area contributed by atoms with Gasteiger partial charge in [-0.25, -0.2) is 4.68 Å². The van der Waals surface area contributed by atoms with E-state index in [0.29, 0.717) is 21.5 Å². The van der Waals surface area contributed by atoms with E-state index in [1.54, 1.807) is 40.4 Å². The fourth-order valence-corrected chi connectivity index (χ4v) is 2.95. The van der Waals surface area contributed by atoms with Crippen molar-refractivity contribution in [1.29, 1.82) is 0 Å². The molecule has 9 heteroatoms. The first kappa shape index (κ1) is 16.8. The van der Waals surface area contributed by atoms with E-state index in [4.69, 9.17) is 27.9 Å². The number of hydrogen-bond acceptors (Lipinski definition) is 5. The summed E-state index contributed by atoms with van der Waals surface area (Å²) in [5.74, 6) is 0.116. The number of thiophene rings is 1. The lowest BCUT2D eigenvalue weighted by molar-refractivity contribution is -0.123. The number of nitrogens with one attached hydrogen (secondary N) is 1. The molecule has 2 aromatic heterocycles. The van der Waals surface area contributed by atoms with Crippen molar-refractivity contribution in [3.8, 4) is 11.4 Å². The molecule has 2 heterocycles. The first-order chi connectivity index (χ1) is 11.6. The molecule has 0 atom stereocenters. The molecule has 1 aromatic carbocycles. The highest BCUT2D eigenvalue weighted by atomic mass is 35.5. The molecular formula is C15H12Cl2N4O2S. The Kier molecular flexibility index (Phi) is 5.34. The molecular weight excluding hydrogens is 371 g/mol. The van der Waals surface area contributed by atoms with E-state index in [1.165, 1.54) is 0 Å². The largest absolute Gasteiger partial charge is 0.482 e. The molecule has 0 radical (unpaired) electrons. The Hall–Kier alpha value is -2.09. The minimum absolute atomic E-state index is 0.153. The van der Waals surface area contributed by atoms with E-state index in [0.717, 1.165) is 5.69 Å². The van der Waals surface area contributed by atoms with Gasteiger partial charge in [-0.3, -0.25) is 4.79 Å². The summed E-state index contributed by atoms with van der Waals surface area (Å²) in [5.41, 5.74) is 1.59. The van der Waals surface area contributed by atoms with Crippen molar-refractivity contribution in [2.24, 2.45) is 0 Å². The summed E-state index contributed by atoms with van der Waals surface area (Å²) < 4.78 is 7.02. The molecule has 0 spiro atoms. The van der Waals surface area contributed by atoms with Crippen molar-refractivity contribution in [2.75, 3.05) is 6.61 Å². The third-order valence-corrected chi connectivity index (χ3v) is 4.23. The van der Waals surface area contributed by atoms with Crippen molar-refractivity contribution in [1.82, 2.24) is 20.3 Å². The van der Waals surface area contributed by atoms with Crippen LogP contribution in [0.25, 0.3) is 5.69 Å². The topological polar surface area (TPSA) is 69.0 Å². The number of halogens is 2. The third-order valence-electron chi connectivity index (χ3n) is 3.03. The standard InChI is InChI=1S/C15H12Cl2N4O2S/c16-10-1-2-14(13(17)5-10)23-8-15(22)18-6-11-7-21(20-19-11)12-3-4-24-9-12/h1-5,7,9H,6,8H2,(H,18,22). The number of rotatable bonds is 6. The van der Waals surface area contributed by atoms with Crippen LogP contribution in [0.1, 0.15) is 5.69 Å². The molecule has 24 heavy (non-hydrogen) atoms. The van der Waals surface area contributed by atoms with Gasteiger partial charge in [0.1, 0.15) is 11.4 Å². The Morgan fingerprint density at radius 3 is 2.96 bits per heavy atom. The van der Waals surface area contributed by atoms with Gasteiger partial charge in [0.2, 0.25) is 0 Å². The van der Waals surface area contributed by atoms with Crippen LogP contribution < -0.4 is 10.1 Å². The predicted molar refractivity (Wildman–Crippen MR) is 93.0 cm³/mol. The van der Waals surface area contributed by atoms with Crippen molar-refractivity contribution in [3.63, 3.8) is 0 Å². The quantitative estimate of drug-likeness (QED) is 0.709. The lowest BCUT2D eigenvalue weighted by Crippen LogP contribution is -2.28. The van der Waals surface area contributed by atoms with Crippen LogP contribution in [-0.4, -0.2) is 27.5 Å². The molecule has 3 rings (SSSR count). The second kappa shape index (κ2) is 7.65. The highest BCUT2D eigenvalue weighted by molar-refractivity contribution is 7.08. The number of ether oxygens (including phenoxy) is 1. The normalized spacial score (nSPS) is 10.6. The van der Waals surface area contributed by atoms with Crippen molar-refractivity contribution >= 4 is 40.4 Å². The Morgan fingerprint density at radius 2 is 2.21 bits per heavy atom. The average molecular weight is 383 g/mol. The van der Waals surface area contributed by atoms with E-state index in [-0.39, 0.29) is 19.1 Å². The number of aromatic nitrogens is 3. The number of benzene rings is 1. The van der Waals surface area contributed by atoms with Gasteiger partial charge in [-0.15, -0.1) is 5.10 Å². The maximum atomic E-state index is 11.8. The third kappa shape index (κ3) is 4.25. The zero-order chi connectivity index (χ0) is 16.9. The first-order valence-corrected chi connectivity index (χ1v) is 8.60. The van der Waals surface area contributed by atoms with E-state index >= 15 is 0 Å². The molecule has 124 valence electrons. The van der Waals surface area contributed by atoms with Gasteiger partial charge in [-0.2, -0.15) is 11.3 Å². The molecule has 0 saturated heterocycles. The molecule has 0 fully saturated rings. The van der Waals surface area contributed by atoms with E-state index in [2.05, 4.69) is 15.6 Å². The van der Waals surface area contributed by atoms with Gasteiger partial charge in [0, 0.05) is 10.4 Å². The molecule has 3 aromatic rings. The molecule has 0 aliphatic heterocycles. The van der Waals surface area contributed by atoms with Crippen molar-refractivity contribution in [3.05, 3.63) is 57.0 Å². The molecule has 1 N–H and O–H groups in total. The van der Waals surface area contributed by atoms with Gasteiger partial charge < -0.3 is 10.1 Å². The van der Waals surface area contributed by atoms with Gasteiger partial charge in [-0.1, -0.05) is 28.4 Å². The second-order valence-corrected chi connectivity index (χ2v) is 6.40. The van der Waals surface area contributed by atoms with Crippen LogP contribution in [0.15, 0.2) is 41.2 Å². The zero-order valence-electron chi connectivity index (χ0n) is 12.3. The monoisotopic (exact) mass is 382 g/mol. The lowest BCUT2D eigenvalue weighted by atomic mass is 10.3. The number of carbonyl (C=O) groups excluding carboxylic acids is 1. The lowest BCUT2D eigenvalue weighted by Gasteiger charge is -2.08. The van der Waals surface area contributed by atoms with E-state index in [1.807, 2.05) is 16.8 Å². The molecule has 0 bridgehead atoms. The van der Waals surface area contributed by atoms with E-state index in [9.17, 15) is 4.79 Å². The van der Waals surface area contributed by atoms with Crippen LogP contribution in [0.5, 0.6) is 5.75 Å². The minimum Gasteiger partial charge on any atom is -0.482 e. The van der Waals surface area contributed by atoms with Gasteiger partial charge in [0.25, 0.3) is 5.91 Å². The summed E-state index contributed by atoms with van der Waals surface area (Å²) in [6.07, 6.45) is 1.76. The Balaban J connectivity index is 1.49. The van der Waals surface area contributed by atoms with Crippen molar-refractivity contribution < 1.29 is 9.53 Å². The smallest absolute Gasteiger partial charge is 0.258 e. The van der Waals surface area contributed by atoms with Crippen LogP contribution in [-0.2, 0) is 11.3 Å². The summed E-state index contributed by atoms with van der Waals surface area (Å²) in [6.45, 7) is 0.112. The summed E-state index contributed by atoms with van der Waals surface area (Å²) >= 11 is 13.4. The SMILES string of the molecule is O=C(COc1ccc(Cl)cc1Cl)NCc1cn(-c2ccsc2)nn1. The summed E-state index contributed by atoms with van der Waals surface area (Å²) in [4.78, 5) is 11.8. The first-order valence-electron chi connectivity index (χ1n) is 6.90. The molecule has 0 aliphatic rings. The van der Waals surface area contributed by atoms with Crippen LogP contribution in [0, 0.1) is 0 Å². The van der Waals surface area contributed by atoms with Crippen LogP contribution in [0.2, 0.25) is 10.0 Å². The van der Waals surface area contributed by atoms with E-state index < -0.39 is 0 Å². The van der Waals surface area contributed by atoms with Crippen LogP contribution in [0.4, 0.5) is 0 Å². The highest BCUT2D eigenvalue weighted by Crippen LogP contribution is 2.27. The number of nitrogens with zero attached hydrogens (tertiary/aromatic N) is 3.